The number of phenols is 3. The highest BCUT2D eigenvalue weighted by atomic mass is 16.3. The minimum Gasteiger partial charge on any atom is -0.508 e. The first-order chi connectivity index (χ1) is 18.4. The van der Waals surface area contributed by atoms with Crippen molar-refractivity contribution in [1.29, 1.82) is 0 Å². The third kappa shape index (κ3) is 5.06. The normalized spacial score (nSPS) is 12.5. The fourth-order valence-corrected chi connectivity index (χ4v) is 3.87. The molecule has 0 aliphatic heterocycles. The summed E-state index contributed by atoms with van der Waals surface area (Å²) in [5.74, 6) is 0.600. The fourth-order valence-electron chi connectivity index (χ4n) is 3.87. The van der Waals surface area contributed by atoms with Crippen molar-refractivity contribution in [3.63, 3.8) is 0 Å². The van der Waals surface area contributed by atoms with Crippen LogP contribution >= 0.6 is 0 Å². The summed E-state index contributed by atoms with van der Waals surface area (Å²) in [6.07, 6.45) is 3.06. The lowest BCUT2D eigenvalue weighted by atomic mass is 9.83. The Morgan fingerprint density at radius 2 is 1.16 bits per heavy atom. The second-order valence-corrected chi connectivity index (χ2v) is 8.38. The molecule has 0 unspecified atom stereocenters. The maximum absolute atomic E-state index is 11.0. The molecule has 0 spiro atoms. The van der Waals surface area contributed by atoms with E-state index in [9.17, 15) is 15.3 Å². The predicted octanol–water partition coefficient (Wildman–Crippen LogP) is 2.34. The summed E-state index contributed by atoms with van der Waals surface area (Å²) in [5.41, 5.74) is 3.10. The van der Waals surface area contributed by atoms with Crippen molar-refractivity contribution in [3.8, 4) is 17.2 Å². The van der Waals surface area contributed by atoms with Crippen LogP contribution < -0.4 is 0 Å². The molecule has 0 saturated heterocycles. The predicted molar refractivity (Wildman–Crippen MR) is 136 cm³/mol. The summed E-state index contributed by atoms with van der Waals surface area (Å²) < 4.78 is 0. The van der Waals surface area contributed by atoms with Crippen molar-refractivity contribution in [2.45, 2.75) is 19.8 Å². The molecule has 0 bridgehead atoms. The number of hydrogen-bond acceptors (Lipinski definition) is 11. The van der Waals surface area contributed by atoms with Crippen LogP contribution in [0.25, 0.3) is 0 Å². The monoisotopic (exact) mass is 510 g/mol. The van der Waals surface area contributed by atoms with Crippen molar-refractivity contribution in [2.75, 3.05) is 0 Å². The van der Waals surface area contributed by atoms with Gasteiger partial charge in [-0.25, -0.2) is 0 Å². The van der Waals surface area contributed by atoms with E-state index in [0.717, 1.165) is 5.56 Å². The van der Waals surface area contributed by atoms with Crippen molar-refractivity contribution >= 4 is 12.4 Å². The molecule has 190 valence electrons. The average Bonchev–Trinajstić information content (AvgIpc) is 3.51. The van der Waals surface area contributed by atoms with E-state index in [-0.39, 0.29) is 17.2 Å². The van der Waals surface area contributed by atoms with Crippen LogP contribution in [0.3, 0.4) is 0 Å². The number of phenolic OH excluding ortho intramolecular Hbond substituents is 3. The summed E-state index contributed by atoms with van der Waals surface area (Å²) in [6, 6.07) is 16.8. The van der Waals surface area contributed by atoms with Crippen LogP contribution in [0.1, 0.15) is 45.4 Å². The number of nitrogens with zero attached hydrogens (tertiary/aromatic N) is 10. The number of rotatable bonds is 7. The minimum atomic E-state index is -0.545. The van der Waals surface area contributed by atoms with E-state index in [1.54, 1.807) is 74.5 Å². The van der Waals surface area contributed by atoms with Gasteiger partial charge in [0.25, 0.3) is 0 Å². The van der Waals surface area contributed by atoms with Gasteiger partial charge in [-0.2, -0.15) is 10.2 Å². The van der Waals surface area contributed by atoms with Crippen molar-refractivity contribution < 1.29 is 15.3 Å². The minimum absolute atomic E-state index is 0.000316. The Morgan fingerprint density at radius 3 is 1.55 bits per heavy atom. The van der Waals surface area contributed by atoms with Gasteiger partial charge in [0.05, 0.1) is 12.4 Å². The first-order valence-corrected chi connectivity index (χ1v) is 11.4. The molecule has 0 aliphatic carbocycles. The Hall–Kier alpha value is -5.46. The first-order valence-electron chi connectivity index (χ1n) is 11.4. The van der Waals surface area contributed by atoms with E-state index in [0.29, 0.717) is 33.9 Å². The summed E-state index contributed by atoms with van der Waals surface area (Å²) in [7, 11) is 0. The molecular weight excluding hydrogens is 488 g/mol. The van der Waals surface area contributed by atoms with E-state index in [4.69, 9.17) is 0 Å². The Labute approximate surface area is 216 Å². The van der Waals surface area contributed by atoms with Crippen LogP contribution in [0, 0.1) is 13.8 Å². The highest BCUT2D eigenvalue weighted by molar-refractivity contribution is 5.81. The van der Waals surface area contributed by atoms with Gasteiger partial charge >= 0.3 is 0 Å². The van der Waals surface area contributed by atoms with Crippen molar-refractivity contribution in [1.82, 2.24) is 40.6 Å². The second-order valence-electron chi connectivity index (χ2n) is 8.38. The fraction of sp³-hybridized carbons (Fsp3) is 0.120. The highest BCUT2D eigenvalue weighted by Gasteiger charge is 2.23. The number of tetrazole rings is 2. The Morgan fingerprint density at radius 1 is 0.684 bits per heavy atom. The summed E-state index contributed by atoms with van der Waals surface area (Å²) in [5, 5.41) is 62.4. The van der Waals surface area contributed by atoms with E-state index in [2.05, 4.69) is 41.3 Å². The molecule has 2 heterocycles. The summed E-state index contributed by atoms with van der Waals surface area (Å²) in [4.78, 5) is 2.54. The lowest BCUT2D eigenvalue weighted by molar-refractivity contribution is 0.458. The highest BCUT2D eigenvalue weighted by Crippen LogP contribution is 2.41. The summed E-state index contributed by atoms with van der Waals surface area (Å²) >= 11 is 0. The standard InChI is InChI=1S/C25H22N10O3/c1-15-28-30-32-34(15)26-13-17-3-9-21(23(37)11-17)25(19-5-7-20(36)8-6-19)22-10-4-18(12-24(22)38)14-27-35-16(2)29-31-33-35/h3-14,25,36-38H,1-2H3. The zero-order valence-electron chi connectivity index (χ0n) is 20.3. The van der Waals surface area contributed by atoms with Crippen LogP contribution in [-0.2, 0) is 0 Å². The van der Waals surface area contributed by atoms with E-state index < -0.39 is 5.92 Å². The maximum Gasteiger partial charge on any atom is 0.173 e. The lowest BCUT2D eigenvalue weighted by Crippen LogP contribution is -2.05. The van der Waals surface area contributed by atoms with Gasteiger partial charge in [0, 0.05) is 17.0 Å². The molecule has 3 N–H and O–H groups in total. The molecule has 2 aromatic heterocycles. The van der Waals surface area contributed by atoms with Crippen LogP contribution in [-0.4, -0.2) is 68.4 Å². The van der Waals surface area contributed by atoms with Crippen molar-refractivity contribution in [2.24, 2.45) is 10.2 Å². The molecule has 5 rings (SSSR count). The maximum atomic E-state index is 11.0. The largest absolute Gasteiger partial charge is 0.508 e. The molecule has 13 heteroatoms. The molecule has 0 amide bonds. The topological polar surface area (TPSA) is 173 Å². The second kappa shape index (κ2) is 10.3. The van der Waals surface area contributed by atoms with Gasteiger partial charge in [0.1, 0.15) is 17.2 Å². The summed E-state index contributed by atoms with van der Waals surface area (Å²) in [6.45, 7) is 3.44. The quantitative estimate of drug-likeness (QED) is 0.219. The Kier molecular flexibility index (Phi) is 6.55. The third-order valence-corrected chi connectivity index (χ3v) is 5.80. The molecule has 0 aliphatic rings. The smallest absolute Gasteiger partial charge is 0.173 e. The van der Waals surface area contributed by atoms with Gasteiger partial charge in [-0.05, 0) is 75.7 Å². The van der Waals surface area contributed by atoms with E-state index >= 15 is 0 Å². The lowest BCUT2D eigenvalue weighted by Gasteiger charge is -2.21. The number of aromatic hydroxyl groups is 3. The van der Waals surface area contributed by atoms with Gasteiger partial charge < -0.3 is 15.3 Å². The zero-order valence-corrected chi connectivity index (χ0v) is 20.3. The van der Waals surface area contributed by atoms with Gasteiger partial charge in [0.15, 0.2) is 11.6 Å². The molecule has 0 fully saturated rings. The molecule has 0 atom stereocenters. The van der Waals surface area contributed by atoms with Crippen molar-refractivity contribution in [3.05, 3.63) is 100 Å². The Balaban J connectivity index is 1.51. The average molecular weight is 511 g/mol. The molecule has 5 aromatic rings. The first kappa shape index (κ1) is 24.2. The van der Waals surface area contributed by atoms with Gasteiger partial charge in [-0.1, -0.05) is 36.4 Å². The van der Waals surface area contributed by atoms with Crippen LogP contribution in [0.15, 0.2) is 70.9 Å². The van der Waals surface area contributed by atoms with Gasteiger partial charge in [-0.15, -0.1) is 19.8 Å². The molecular formula is C25H22N10O3. The molecule has 13 nitrogen and oxygen atoms in total. The zero-order chi connectivity index (χ0) is 26.6. The number of hydrogen-bond donors (Lipinski definition) is 3. The third-order valence-electron chi connectivity index (χ3n) is 5.80. The van der Waals surface area contributed by atoms with E-state index in [1.807, 2.05) is 0 Å². The van der Waals surface area contributed by atoms with Crippen LogP contribution in [0.2, 0.25) is 0 Å². The molecule has 38 heavy (non-hydrogen) atoms. The van der Waals surface area contributed by atoms with Gasteiger partial charge in [-0.3, -0.25) is 0 Å². The number of aromatic nitrogens is 8. The van der Waals surface area contributed by atoms with Gasteiger partial charge in [0.2, 0.25) is 0 Å². The van der Waals surface area contributed by atoms with Crippen LogP contribution in [0.5, 0.6) is 17.2 Å². The molecule has 0 radical (unpaired) electrons. The Bertz CT molecular complexity index is 1540. The molecule has 3 aromatic carbocycles. The number of aryl methyl sites for hydroxylation is 2. The SMILES string of the molecule is Cc1nnnn1N=Cc1ccc(C(c2ccc(O)cc2)c2ccc(C=Nn3nnnc3C)cc2O)c(O)c1. The van der Waals surface area contributed by atoms with Crippen LogP contribution in [0.4, 0.5) is 0 Å². The molecule has 0 saturated carbocycles. The number of benzene rings is 3. The van der Waals surface area contributed by atoms with E-state index in [1.165, 1.54) is 22.0 Å².